The van der Waals surface area contributed by atoms with E-state index in [9.17, 15) is 9.59 Å². The monoisotopic (exact) mass is 374 g/mol. The molecular formula is C23H22N2O3. The summed E-state index contributed by atoms with van der Waals surface area (Å²) in [7, 11) is 0. The molecule has 1 atom stereocenters. The van der Waals surface area contributed by atoms with Crippen LogP contribution in [-0.4, -0.2) is 18.0 Å². The van der Waals surface area contributed by atoms with Gasteiger partial charge in [-0.05, 0) is 23.3 Å². The number of nitrogens with one attached hydrogen (secondary N) is 2. The van der Waals surface area contributed by atoms with E-state index in [2.05, 4.69) is 10.6 Å². The molecule has 0 aliphatic rings. The van der Waals surface area contributed by atoms with E-state index in [0.29, 0.717) is 12.1 Å². The third kappa shape index (κ3) is 5.99. The Kier molecular flexibility index (Phi) is 6.79. The summed E-state index contributed by atoms with van der Waals surface area (Å²) in [5, 5.41) is 5.51. The Bertz CT molecular complexity index is 883. The van der Waals surface area contributed by atoms with Crippen LogP contribution >= 0.6 is 0 Å². The molecule has 0 aliphatic carbocycles. The largest absolute Gasteiger partial charge is 0.445 e. The molecule has 0 aromatic heterocycles. The predicted octanol–water partition coefficient (Wildman–Crippen LogP) is 4.16. The van der Waals surface area contributed by atoms with Gasteiger partial charge in [-0.15, -0.1) is 0 Å². The number of carbonyl (C=O) groups excluding carboxylic acids is 2. The Morgan fingerprint density at radius 3 is 1.89 bits per heavy atom. The zero-order chi connectivity index (χ0) is 19.6. The number of carbonyl (C=O) groups is 2. The molecule has 5 heteroatoms. The second kappa shape index (κ2) is 9.92. The van der Waals surface area contributed by atoms with Crippen molar-refractivity contribution >= 4 is 17.7 Å². The molecule has 0 saturated heterocycles. The lowest BCUT2D eigenvalue weighted by atomic mass is 10.1. The topological polar surface area (TPSA) is 67.4 Å². The summed E-state index contributed by atoms with van der Waals surface area (Å²) in [6, 6.07) is 27.3. The zero-order valence-electron chi connectivity index (χ0n) is 15.4. The fraction of sp³-hybridized carbons (Fsp3) is 0.130. The average Bonchev–Trinajstić information content (AvgIpc) is 2.74. The Morgan fingerprint density at radius 2 is 1.29 bits per heavy atom. The van der Waals surface area contributed by atoms with Gasteiger partial charge in [-0.1, -0.05) is 78.9 Å². The van der Waals surface area contributed by atoms with E-state index in [1.807, 2.05) is 78.9 Å². The highest BCUT2D eigenvalue weighted by atomic mass is 16.5. The first-order chi connectivity index (χ1) is 13.7. The van der Waals surface area contributed by atoms with Crippen molar-refractivity contribution in [3.05, 3.63) is 102 Å². The van der Waals surface area contributed by atoms with Crippen molar-refractivity contribution < 1.29 is 14.3 Å². The molecule has 0 fully saturated rings. The van der Waals surface area contributed by atoms with Crippen LogP contribution in [0, 0.1) is 0 Å². The number of anilines is 1. The minimum atomic E-state index is -0.758. The Labute approximate surface area is 164 Å². The molecule has 5 nitrogen and oxygen atoms in total. The number of ether oxygens (including phenoxy) is 1. The summed E-state index contributed by atoms with van der Waals surface area (Å²) in [4.78, 5) is 25.0. The normalized spacial score (nSPS) is 11.3. The molecule has 28 heavy (non-hydrogen) atoms. The van der Waals surface area contributed by atoms with Crippen molar-refractivity contribution in [2.45, 2.75) is 19.1 Å². The SMILES string of the molecule is O=C(NC(Cc1ccccc1)C(=O)Nc1ccccc1)OCc1ccccc1. The fourth-order valence-electron chi connectivity index (χ4n) is 2.72. The van der Waals surface area contributed by atoms with Crippen LogP contribution in [0.5, 0.6) is 0 Å². The first-order valence-corrected chi connectivity index (χ1v) is 9.08. The maximum Gasteiger partial charge on any atom is 0.408 e. The first kappa shape index (κ1) is 19.2. The van der Waals surface area contributed by atoms with Crippen LogP contribution in [-0.2, 0) is 22.6 Å². The van der Waals surface area contributed by atoms with Gasteiger partial charge in [0.05, 0.1) is 0 Å². The third-order valence-corrected chi connectivity index (χ3v) is 4.15. The Morgan fingerprint density at radius 1 is 0.750 bits per heavy atom. The highest BCUT2D eigenvalue weighted by Gasteiger charge is 2.22. The number of para-hydroxylation sites is 1. The van der Waals surface area contributed by atoms with Crippen LogP contribution in [0.15, 0.2) is 91.0 Å². The van der Waals surface area contributed by atoms with Gasteiger partial charge in [0, 0.05) is 12.1 Å². The van der Waals surface area contributed by atoms with Crippen molar-refractivity contribution in [2.24, 2.45) is 0 Å². The molecule has 3 aromatic carbocycles. The van der Waals surface area contributed by atoms with Crippen molar-refractivity contribution in [1.82, 2.24) is 5.32 Å². The predicted molar refractivity (Wildman–Crippen MR) is 109 cm³/mol. The number of benzene rings is 3. The van der Waals surface area contributed by atoms with Gasteiger partial charge in [-0.25, -0.2) is 4.79 Å². The molecular weight excluding hydrogens is 352 g/mol. The smallest absolute Gasteiger partial charge is 0.408 e. The average molecular weight is 374 g/mol. The summed E-state index contributed by atoms with van der Waals surface area (Å²) in [6.45, 7) is 0.144. The molecule has 2 amide bonds. The number of alkyl carbamates (subject to hydrolysis) is 1. The Balaban J connectivity index is 1.64. The van der Waals surface area contributed by atoms with Gasteiger partial charge in [0.15, 0.2) is 0 Å². The maximum absolute atomic E-state index is 12.7. The molecule has 0 bridgehead atoms. The molecule has 3 aromatic rings. The van der Waals surface area contributed by atoms with Crippen molar-refractivity contribution in [1.29, 1.82) is 0 Å². The Hall–Kier alpha value is -3.60. The summed E-state index contributed by atoms with van der Waals surface area (Å²) in [6.07, 6.45) is -0.270. The van der Waals surface area contributed by atoms with E-state index in [1.165, 1.54) is 0 Å². The lowest BCUT2D eigenvalue weighted by Crippen LogP contribution is -2.45. The molecule has 0 aliphatic heterocycles. The van der Waals surface area contributed by atoms with Crippen LogP contribution in [0.3, 0.4) is 0 Å². The van der Waals surface area contributed by atoms with E-state index in [-0.39, 0.29) is 12.5 Å². The highest BCUT2D eigenvalue weighted by molar-refractivity contribution is 5.96. The molecule has 3 rings (SSSR count). The van der Waals surface area contributed by atoms with Crippen molar-refractivity contribution in [2.75, 3.05) is 5.32 Å². The van der Waals surface area contributed by atoms with Gasteiger partial charge in [-0.2, -0.15) is 0 Å². The molecule has 2 N–H and O–H groups in total. The number of rotatable bonds is 7. The van der Waals surface area contributed by atoms with Gasteiger partial charge in [0.2, 0.25) is 5.91 Å². The molecule has 0 radical (unpaired) electrons. The summed E-state index contributed by atoms with van der Waals surface area (Å²) < 4.78 is 5.27. The van der Waals surface area contributed by atoms with Crippen LogP contribution in [0.4, 0.5) is 10.5 Å². The zero-order valence-corrected chi connectivity index (χ0v) is 15.4. The molecule has 0 spiro atoms. The van der Waals surface area contributed by atoms with E-state index in [1.54, 1.807) is 12.1 Å². The van der Waals surface area contributed by atoms with Gasteiger partial charge >= 0.3 is 6.09 Å². The van der Waals surface area contributed by atoms with Crippen LogP contribution in [0.1, 0.15) is 11.1 Å². The van der Waals surface area contributed by atoms with Gasteiger partial charge in [-0.3, -0.25) is 4.79 Å². The lowest BCUT2D eigenvalue weighted by Gasteiger charge is -2.18. The maximum atomic E-state index is 12.7. The van der Waals surface area contributed by atoms with Crippen LogP contribution in [0.2, 0.25) is 0 Å². The molecule has 0 saturated carbocycles. The second-order valence-corrected chi connectivity index (χ2v) is 6.30. The third-order valence-electron chi connectivity index (χ3n) is 4.15. The van der Waals surface area contributed by atoms with E-state index < -0.39 is 12.1 Å². The quantitative estimate of drug-likeness (QED) is 0.652. The second-order valence-electron chi connectivity index (χ2n) is 6.30. The summed E-state index contributed by atoms with van der Waals surface area (Å²) in [5.74, 6) is -0.299. The van der Waals surface area contributed by atoms with Gasteiger partial charge < -0.3 is 15.4 Å². The summed E-state index contributed by atoms with van der Waals surface area (Å²) in [5.41, 5.74) is 2.50. The van der Waals surface area contributed by atoms with E-state index >= 15 is 0 Å². The lowest BCUT2D eigenvalue weighted by molar-refractivity contribution is -0.118. The minimum Gasteiger partial charge on any atom is -0.445 e. The van der Waals surface area contributed by atoms with E-state index in [4.69, 9.17) is 4.74 Å². The van der Waals surface area contributed by atoms with Gasteiger partial charge in [0.1, 0.15) is 12.6 Å². The first-order valence-electron chi connectivity index (χ1n) is 9.08. The number of amides is 2. The summed E-state index contributed by atoms with van der Waals surface area (Å²) >= 11 is 0. The number of hydrogen-bond donors (Lipinski definition) is 2. The van der Waals surface area contributed by atoms with Crippen LogP contribution in [0.25, 0.3) is 0 Å². The fourth-order valence-corrected chi connectivity index (χ4v) is 2.72. The standard InChI is InChI=1S/C23H22N2O3/c26-22(24-20-14-8-3-9-15-20)21(16-18-10-4-1-5-11-18)25-23(27)28-17-19-12-6-2-7-13-19/h1-15,21H,16-17H2,(H,24,26)(H,25,27). The van der Waals surface area contributed by atoms with E-state index in [0.717, 1.165) is 11.1 Å². The van der Waals surface area contributed by atoms with Crippen LogP contribution < -0.4 is 10.6 Å². The molecule has 0 heterocycles. The van der Waals surface area contributed by atoms with Gasteiger partial charge in [0.25, 0.3) is 0 Å². The molecule has 142 valence electrons. The minimum absolute atomic E-state index is 0.144. The van der Waals surface area contributed by atoms with Crippen molar-refractivity contribution in [3.8, 4) is 0 Å². The number of hydrogen-bond acceptors (Lipinski definition) is 3. The van der Waals surface area contributed by atoms with Crippen molar-refractivity contribution in [3.63, 3.8) is 0 Å². The molecule has 1 unspecified atom stereocenters. The highest BCUT2D eigenvalue weighted by Crippen LogP contribution is 2.09.